The van der Waals surface area contributed by atoms with Crippen LogP contribution in [0.4, 0.5) is 0 Å². The van der Waals surface area contributed by atoms with Crippen LogP contribution < -0.4 is 15.6 Å². The van der Waals surface area contributed by atoms with E-state index in [1.807, 2.05) is 6.07 Å². The van der Waals surface area contributed by atoms with Crippen molar-refractivity contribution >= 4 is 21.7 Å². The van der Waals surface area contributed by atoms with Crippen LogP contribution in [0.5, 0.6) is 5.75 Å². The molecular formula is C18H17N3O5S. The lowest BCUT2D eigenvalue weighted by Gasteiger charge is -2.11. The number of nitrogens with zero attached hydrogens (tertiary/aromatic N) is 1. The van der Waals surface area contributed by atoms with E-state index in [1.165, 1.54) is 18.2 Å². The molecule has 140 valence electrons. The Morgan fingerprint density at radius 3 is 2.52 bits per heavy atom. The van der Waals surface area contributed by atoms with Crippen LogP contribution in [-0.4, -0.2) is 33.1 Å². The lowest BCUT2D eigenvalue weighted by atomic mass is 10.1. The molecule has 0 bridgehead atoms. The number of rotatable bonds is 5. The summed E-state index contributed by atoms with van der Waals surface area (Å²) in [5.41, 5.74) is 5.33. The van der Waals surface area contributed by atoms with Crippen molar-refractivity contribution in [3.05, 3.63) is 59.2 Å². The van der Waals surface area contributed by atoms with E-state index >= 15 is 0 Å². The maximum absolute atomic E-state index is 12.2. The molecule has 0 heterocycles. The molecule has 0 aliphatic carbocycles. The molecule has 9 heteroatoms. The fourth-order valence-electron chi connectivity index (χ4n) is 2.13. The number of amides is 2. The molecule has 8 nitrogen and oxygen atoms in total. The largest absolute Gasteiger partial charge is 0.482 e. The van der Waals surface area contributed by atoms with Gasteiger partial charge >= 0.3 is 0 Å². The van der Waals surface area contributed by atoms with Crippen LogP contribution in [0.2, 0.25) is 0 Å². The van der Waals surface area contributed by atoms with E-state index in [0.29, 0.717) is 5.56 Å². The third kappa shape index (κ3) is 5.29. The topological polar surface area (TPSA) is 125 Å². The van der Waals surface area contributed by atoms with Crippen LogP contribution in [0.1, 0.15) is 21.5 Å². The van der Waals surface area contributed by atoms with Crippen LogP contribution in [0, 0.1) is 18.3 Å². The number of para-hydroxylation sites is 1. The summed E-state index contributed by atoms with van der Waals surface area (Å²) in [4.78, 5) is 24.1. The SMILES string of the molecule is Cc1ccc(S(C)(=O)=O)cc1C(=O)NNC(=O)COc1ccccc1C#N. The van der Waals surface area contributed by atoms with Crippen molar-refractivity contribution in [2.24, 2.45) is 0 Å². The summed E-state index contributed by atoms with van der Waals surface area (Å²) in [6.45, 7) is 1.23. The number of sulfone groups is 1. The van der Waals surface area contributed by atoms with Crippen LogP contribution in [0.3, 0.4) is 0 Å². The Kier molecular flexibility index (Phi) is 6.15. The highest BCUT2D eigenvalue weighted by Gasteiger charge is 2.15. The Morgan fingerprint density at radius 1 is 1.15 bits per heavy atom. The van der Waals surface area contributed by atoms with Gasteiger partial charge in [-0.2, -0.15) is 5.26 Å². The van der Waals surface area contributed by atoms with E-state index in [2.05, 4.69) is 10.9 Å². The number of ether oxygens (including phenoxy) is 1. The van der Waals surface area contributed by atoms with Gasteiger partial charge in [0.15, 0.2) is 16.4 Å². The first-order chi connectivity index (χ1) is 12.7. The van der Waals surface area contributed by atoms with E-state index in [9.17, 15) is 18.0 Å². The highest BCUT2D eigenvalue weighted by Crippen LogP contribution is 2.16. The fourth-order valence-corrected chi connectivity index (χ4v) is 2.78. The molecule has 0 aliphatic rings. The monoisotopic (exact) mass is 387 g/mol. The van der Waals surface area contributed by atoms with Crippen LogP contribution in [-0.2, 0) is 14.6 Å². The van der Waals surface area contributed by atoms with E-state index < -0.39 is 28.3 Å². The maximum atomic E-state index is 12.2. The number of hydrogen-bond acceptors (Lipinski definition) is 6. The van der Waals surface area contributed by atoms with Gasteiger partial charge in [0.25, 0.3) is 11.8 Å². The molecule has 2 amide bonds. The Labute approximate surface area is 156 Å². The first-order valence-electron chi connectivity index (χ1n) is 7.74. The highest BCUT2D eigenvalue weighted by molar-refractivity contribution is 7.90. The Hall–Kier alpha value is -3.38. The Bertz CT molecular complexity index is 1030. The van der Waals surface area contributed by atoms with Crippen molar-refractivity contribution in [3.63, 3.8) is 0 Å². The number of hydrazine groups is 1. The van der Waals surface area contributed by atoms with E-state index in [1.54, 1.807) is 31.2 Å². The zero-order valence-electron chi connectivity index (χ0n) is 14.6. The second-order valence-corrected chi connectivity index (χ2v) is 7.66. The molecule has 27 heavy (non-hydrogen) atoms. The first kappa shape index (κ1) is 19.9. The smallest absolute Gasteiger partial charge is 0.276 e. The summed E-state index contributed by atoms with van der Waals surface area (Å²) in [7, 11) is -3.47. The quantitative estimate of drug-likeness (QED) is 0.741. The van der Waals surface area contributed by atoms with Gasteiger partial charge in [0.05, 0.1) is 10.5 Å². The van der Waals surface area contributed by atoms with Gasteiger partial charge < -0.3 is 4.74 Å². The van der Waals surface area contributed by atoms with Crippen molar-refractivity contribution in [3.8, 4) is 11.8 Å². The summed E-state index contributed by atoms with van der Waals surface area (Å²) in [5, 5.41) is 8.96. The number of hydrogen-bond donors (Lipinski definition) is 2. The molecular weight excluding hydrogens is 370 g/mol. The highest BCUT2D eigenvalue weighted by atomic mass is 32.2. The standard InChI is InChI=1S/C18H17N3O5S/c1-12-7-8-14(27(2,24)25)9-15(12)18(23)21-20-17(22)11-26-16-6-4-3-5-13(16)10-19/h3-9H,11H2,1-2H3,(H,20,22)(H,21,23). The molecule has 0 radical (unpaired) electrons. The molecule has 2 aromatic carbocycles. The number of benzene rings is 2. The van der Waals surface area contributed by atoms with Crippen molar-refractivity contribution < 1.29 is 22.7 Å². The molecule has 2 N–H and O–H groups in total. The first-order valence-corrected chi connectivity index (χ1v) is 9.63. The number of carbonyl (C=O) groups excluding carboxylic acids is 2. The second-order valence-electron chi connectivity index (χ2n) is 5.65. The molecule has 0 atom stereocenters. The van der Waals surface area contributed by atoms with Gasteiger partial charge in [-0.05, 0) is 36.8 Å². The number of nitriles is 1. The molecule has 0 saturated carbocycles. The van der Waals surface area contributed by atoms with Gasteiger partial charge in [0.1, 0.15) is 11.8 Å². The van der Waals surface area contributed by atoms with Crippen molar-refractivity contribution in [2.75, 3.05) is 12.9 Å². The maximum Gasteiger partial charge on any atom is 0.276 e. The third-order valence-corrected chi connectivity index (χ3v) is 4.67. The molecule has 0 fully saturated rings. The molecule has 0 aromatic heterocycles. The van der Waals surface area contributed by atoms with E-state index in [-0.39, 0.29) is 21.8 Å². The lowest BCUT2D eigenvalue weighted by molar-refractivity contribution is -0.123. The van der Waals surface area contributed by atoms with E-state index in [4.69, 9.17) is 10.00 Å². The average Bonchev–Trinajstić information content (AvgIpc) is 2.64. The van der Waals surface area contributed by atoms with Crippen molar-refractivity contribution in [1.29, 1.82) is 5.26 Å². The van der Waals surface area contributed by atoms with E-state index in [0.717, 1.165) is 6.26 Å². The minimum atomic E-state index is -3.47. The number of nitrogens with one attached hydrogen (secondary N) is 2. The van der Waals surface area contributed by atoms with Crippen LogP contribution in [0.15, 0.2) is 47.4 Å². The van der Waals surface area contributed by atoms with Crippen molar-refractivity contribution in [2.45, 2.75) is 11.8 Å². The summed E-state index contributed by atoms with van der Waals surface area (Å²) >= 11 is 0. The number of aryl methyl sites for hydroxylation is 1. The molecule has 0 unspecified atom stereocenters. The van der Waals surface area contributed by atoms with Gasteiger partial charge in [0, 0.05) is 11.8 Å². The minimum absolute atomic E-state index is 0.000945. The number of carbonyl (C=O) groups is 2. The minimum Gasteiger partial charge on any atom is -0.482 e. The van der Waals surface area contributed by atoms with Crippen LogP contribution in [0.25, 0.3) is 0 Å². The Morgan fingerprint density at radius 2 is 1.85 bits per heavy atom. The summed E-state index contributed by atoms with van der Waals surface area (Å²) < 4.78 is 28.5. The summed E-state index contributed by atoms with van der Waals surface area (Å²) in [6.07, 6.45) is 1.04. The predicted molar refractivity (Wildman–Crippen MR) is 96.5 cm³/mol. The third-order valence-electron chi connectivity index (χ3n) is 3.56. The van der Waals surface area contributed by atoms with Gasteiger partial charge in [-0.15, -0.1) is 0 Å². The second kappa shape index (κ2) is 8.33. The molecule has 0 spiro atoms. The normalized spacial score (nSPS) is 10.6. The van der Waals surface area contributed by atoms with Gasteiger partial charge in [-0.25, -0.2) is 8.42 Å². The zero-order valence-corrected chi connectivity index (χ0v) is 15.5. The summed E-state index contributed by atoms with van der Waals surface area (Å²) in [6, 6.07) is 12.5. The molecule has 0 saturated heterocycles. The Balaban J connectivity index is 1.97. The predicted octanol–water partition coefficient (Wildman–Crippen LogP) is 1.11. The summed E-state index contributed by atoms with van der Waals surface area (Å²) in [5.74, 6) is -1.06. The van der Waals surface area contributed by atoms with Crippen molar-refractivity contribution in [1.82, 2.24) is 10.9 Å². The zero-order chi connectivity index (χ0) is 20.0. The van der Waals surface area contributed by atoms with Gasteiger partial charge in [-0.3, -0.25) is 20.4 Å². The average molecular weight is 387 g/mol. The van der Waals surface area contributed by atoms with Crippen LogP contribution >= 0.6 is 0 Å². The molecule has 2 rings (SSSR count). The van der Waals surface area contributed by atoms with Gasteiger partial charge in [-0.1, -0.05) is 18.2 Å². The fraction of sp³-hybridized carbons (Fsp3) is 0.167. The lowest BCUT2D eigenvalue weighted by Crippen LogP contribution is -2.44. The molecule has 0 aliphatic heterocycles. The van der Waals surface area contributed by atoms with Gasteiger partial charge in [0.2, 0.25) is 0 Å². The molecule has 2 aromatic rings.